The normalized spacial score (nSPS) is 23.1. The summed E-state index contributed by atoms with van der Waals surface area (Å²) in [5, 5.41) is 11.2. The first kappa shape index (κ1) is 17.3. The molecule has 1 aliphatic heterocycles. The van der Waals surface area contributed by atoms with Crippen molar-refractivity contribution in [3.05, 3.63) is 18.0 Å². The fraction of sp³-hybridized carbons (Fsp3) is 0.778. The monoisotopic (exact) mass is 332 g/mol. The van der Waals surface area contributed by atoms with Gasteiger partial charge in [-0.1, -0.05) is 12.8 Å². The molecule has 6 heteroatoms. The molecule has 134 valence electrons. The zero-order valence-corrected chi connectivity index (χ0v) is 15.2. The van der Waals surface area contributed by atoms with Crippen molar-refractivity contribution in [2.45, 2.75) is 57.5 Å². The summed E-state index contributed by atoms with van der Waals surface area (Å²) >= 11 is 0. The van der Waals surface area contributed by atoms with Crippen molar-refractivity contribution >= 4 is 5.96 Å². The molecule has 0 radical (unpaired) electrons. The molecule has 2 heterocycles. The fourth-order valence-corrected chi connectivity index (χ4v) is 3.92. The molecule has 1 aliphatic carbocycles. The molecule has 3 rings (SSSR count). The number of aryl methyl sites for hydroxylation is 1. The van der Waals surface area contributed by atoms with Crippen LogP contribution in [0, 0.1) is 0 Å². The number of nitrogens with one attached hydrogen (secondary N) is 2. The predicted molar refractivity (Wildman–Crippen MR) is 98.3 cm³/mol. The van der Waals surface area contributed by atoms with Gasteiger partial charge in [0.25, 0.3) is 0 Å². The summed E-state index contributed by atoms with van der Waals surface area (Å²) in [7, 11) is 1.95. The van der Waals surface area contributed by atoms with E-state index in [4.69, 9.17) is 4.99 Å². The largest absolute Gasteiger partial charge is 0.357 e. The Bertz CT molecular complexity index is 531. The van der Waals surface area contributed by atoms with Crippen LogP contribution in [0.3, 0.4) is 0 Å². The molecule has 0 spiro atoms. The predicted octanol–water partition coefficient (Wildman–Crippen LogP) is 1.53. The summed E-state index contributed by atoms with van der Waals surface area (Å²) in [6.07, 6.45) is 11.8. The molecule has 24 heavy (non-hydrogen) atoms. The highest BCUT2D eigenvalue weighted by Gasteiger charge is 2.30. The molecule has 2 aliphatic rings. The number of aromatic nitrogens is 2. The molecule has 1 saturated heterocycles. The molecule has 0 aromatic carbocycles. The van der Waals surface area contributed by atoms with Gasteiger partial charge in [0.2, 0.25) is 0 Å². The second kappa shape index (κ2) is 8.51. The van der Waals surface area contributed by atoms with Crippen LogP contribution in [0.5, 0.6) is 0 Å². The Hall–Kier alpha value is -1.56. The summed E-state index contributed by atoms with van der Waals surface area (Å²) in [4.78, 5) is 7.43. The molecule has 0 bridgehead atoms. The van der Waals surface area contributed by atoms with Gasteiger partial charge in [-0.3, -0.25) is 14.6 Å². The average Bonchev–Trinajstić information content (AvgIpc) is 3.29. The molecule has 1 atom stereocenters. The quantitative estimate of drug-likeness (QED) is 0.613. The Labute approximate surface area is 145 Å². The second-order valence-electron chi connectivity index (χ2n) is 7.10. The SMILES string of the molecule is CCNC(=NCCc1cnn(C)c1)N[C@@H]1CCN(C2CCCC2)C1. The average molecular weight is 332 g/mol. The second-order valence-corrected chi connectivity index (χ2v) is 7.10. The fourth-order valence-electron chi connectivity index (χ4n) is 3.92. The van der Waals surface area contributed by atoms with Crippen LogP contribution in [0.4, 0.5) is 0 Å². The van der Waals surface area contributed by atoms with E-state index in [1.165, 1.54) is 44.2 Å². The van der Waals surface area contributed by atoms with Crippen molar-refractivity contribution in [2.24, 2.45) is 12.0 Å². The first-order valence-electron chi connectivity index (χ1n) is 9.51. The number of aliphatic imine (C=N–C) groups is 1. The van der Waals surface area contributed by atoms with E-state index in [9.17, 15) is 0 Å². The Morgan fingerprint density at radius 1 is 1.33 bits per heavy atom. The number of guanidine groups is 1. The van der Waals surface area contributed by atoms with E-state index in [-0.39, 0.29) is 0 Å². The van der Waals surface area contributed by atoms with Gasteiger partial charge < -0.3 is 10.6 Å². The van der Waals surface area contributed by atoms with Crippen LogP contribution >= 0.6 is 0 Å². The first-order chi connectivity index (χ1) is 11.7. The Balaban J connectivity index is 1.47. The highest BCUT2D eigenvalue weighted by atomic mass is 15.3. The maximum absolute atomic E-state index is 4.74. The lowest BCUT2D eigenvalue weighted by Crippen LogP contribution is -2.45. The van der Waals surface area contributed by atoms with E-state index < -0.39 is 0 Å². The molecule has 0 unspecified atom stereocenters. The summed E-state index contributed by atoms with van der Waals surface area (Å²) in [5.74, 6) is 0.958. The van der Waals surface area contributed by atoms with Crippen molar-refractivity contribution in [1.29, 1.82) is 0 Å². The van der Waals surface area contributed by atoms with Gasteiger partial charge in [0, 0.05) is 51.5 Å². The topological polar surface area (TPSA) is 57.5 Å². The third-order valence-corrected chi connectivity index (χ3v) is 5.17. The highest BCUT2D eigenvalue weighted by Crippen LogP contribution is 2.26. The summed E-state index contributed by atoms with van der Waals surface area (Å²) in [5.41, 5.74) is 1.24. The summed E-state index contributed by atoms with van der Waals surface area (Å²) in [6, 6.07) is 1.36. The van der Waals surface area contributed by atoms with Crippen molar-refractivity contribution in [3.63, 3.8) is 0 Å². The molecule has 1 aromatic rings. The van der Waals surface area contributed by atoms with Crippen molar-refractivity contribution < 1.29 is 0 Å². The van der Waals surface area contributed by atoms with Crippen LogP contribution in [-0.4, -0.2) is 58.9 Å². The number of nitrogens with zero attached hydrogens (tertiary/aromatic N) is 4. The van der Waals surface area contributed by atoms with Crippen molar-refractivity contribution in [2.75, 3.05) is 26.2 Å². The zero-order valence-electron chi connectivity index (χ0n) is 15.2. The number of hydrogen-bond donors (Lipinski definition) is 2. The van der Waals surface area contributed by atoms with Crippen LogP contribution in [0.2, 0.25) is 0 Å². The van der Waals surface area contributed by atoms with Crippen LogP contribution in [0.15, 0.2) is 17.4 Å². The molecule has 2 fully saturated rings. The van der Waals surface area contributed by atoms with Crippen LogP contribution in [-0.2, 0) is 13.5 Å². The third-order valence-electron chi connectivity index (χ3n) is 5.17. The van der Waals surface area contributed by atoms with Gasteiger partial charge in [-0.25, -0.2) is 0 Å². The van der Waals surface area contributed by atoms with Gasteiger partial charge in [0.1, 0.15) is 0 Å². The lowest BCUT2D eigenvalue weighted by atomic mass is 10.2. The minimum Gasteiger partial charge on any atom is -0.357 e. The summed E-state index contributed by atoms with van der Waals surface area (Å²) < 4.78 is 1.85. The van der Waals surface area contributed by atoms with E-state index in [1.807, 2.05) is 17.9 Å². The van der Waals surface area contributed by atoms with Gasteiger partial charge in [0.15, 0.2) is 5.96 Å². The minimum absolute atomic E-state index is 0.529. The van der Waals surface area contributed by atoms with Gasteiger partial charge in [-0.2, -0.15) is 5.10 Å². The maximum Gasteiger partial charge on any atom is 0.191 e. The smallest absolute Gasteiger partial charge is 0.191 e. The lowest BCUT2D eigenvalue weighted by molar-refractivity contribution is 0.242. The summed E-state index contributed by atoms with van der Waals surface area (Å²) in [6.45, 7) is 6.21. The van der Waals surface area contributed by atoms with E-state index in [0.29, 0.717) is 6.04 Å². The first-order valence-corrected chi connectivity index (χ1v) is 9.51. The molecule has 0 amide bonds. The van der Waals surface area contributed by atoms with Crippen LogP contribution in [0.1, 0.15) is 44.6 Å². The lowest BCUT2D eigenvalue weighted by Gasteiger charge is -2.24. The maximum atomic E-state index is 4.74. The molecular formula is C18H32N6. The van der Waals surface area contributed by atoms with Crippen LogP contribution < -0.4 is 10.6 Å². The molecule has 1 aromatic heterocycles. The zero-order chi connectivity index (χ0) is 16.8. The minimum atomic E-state index is 0.529. The van der Waals surface area contributed by atoms with E-state index >= 15 is 0 Å². The Kier molecular flexibility index (Phi) is 6.12. The molecule has 6 nitrogen and oxygen atoms in total. The van der Waals surface area contributed by atoms with Crippen LogP contribution in [0.25, 0.3) is 0 Å². The van der Waals surface area contributed by atoms with Gasteiger partial charge in [-0.05, 0) is 38.2 Å². The Morgan fingerprint density at radius 3 is 2.88 bits per heavy atom. The Morgan fingerprint density at radius 2 is 2.17 bits per heavy atom. The molecule has 2 N–H and O–H groups in total. The number of likely N-dealkylation sites (tertiary alicyclic amines) is 1. The van der Waals surface area contributed by atoms with E-state index in [1.54, 1.807) is 0 Å². The highest BCUT2D eigenvalue weighted by molar-refractivity contribution is 5.80. The molecular weight excluding hydrogens is 300 g/mol. The standard InChI is InChI=1S/C18H32N6/c1-3-19-18(20-10-8-15-12-21-23(2)13-15)22-16-9-11-24(14-16)17-6-4-5-7-17/h12-13,16-17H,3-11,14H2,1-2H3,(H2,19,20,22)/t16-/m1/s1. The van der Waals surface area contributed by atoms with E-state index in [0.717, 1.165) is 38.1 Å². The third kappa shape index (κ3) is 4.72. The number of hydrogen-bond acceptors (Lipinski definition) is 3. The number of rotatable bonds is 6. The van der Waals surface area contributed by atoms with Gasteiger partial charge in [-0.15, -0.1) is 0 Å². The molecule has 1 saturated carbocycles. The van der Waals surface area contributed by atoms with Crippen molar-refractivity contribution in [1.82, 2.24) is 25.3 Å². The van der Waals surface area contributed by atoms with Gasteiger partial charge >= 0.3 is 0 Å². The van der Waals surface area contributed by atoms with Gasteiger partial charge in [0.05, 0.1) is 6.20 Å². The van der Waals surface area contributed by atoms with Crippen molar-refractivity contribution in [3.8, 4) is 0 Å². The van der Waals surface area contributed by atoms with E-state index in [2.05, 4.69) is 33.8 Å².